The van der Waals surface area contributed by atoms with E-state index in [4.69, 9.17) is 0 Å². The van der Waals surface area contributed by atoms with E-state index >= 15 is 0 Å². The Balaban J connectivity index is 2.44. The standard InChI is InChI=1S/C14H21NO2S/c1-11(2)8-12-4-5-14-13(9-12)10-15(3)6-7-18(14,16)17/h4-5,9,11H,6-8,10H2,1-3H3. The summed E-state index contributed by atoms with van der Waals surface area (Å²) < 4.78 is 24.3. The van der Waals surface area contributed by atoms with Gasteiger partial charge in [-0.05, 0) is 36.6 Å². The van der Waals surface area contributed by atoms with Crippen molar-refractivity contribution < 1.29 is 8.42 Å². The van der Waals surface area contributed by atoms with Gasteiger partial charge in [0.15, 0.2) is 9.84 Å². The van der Waals surface area contributed by atoms with Gasteiger partial charge in [0.2, 0.25) is 0 Å². The Hall–Kier alpha value is -0.870. The van der Waals surface area contributed by atoms with Crippen LogP contribution in [0.1, 0.15) is 25.0 Å². The molecule has 0 aromatic heterocycles. The molecule has 0 spiro atoms. The van der Waals surface area contributed by atoms with Crippen molar-refractivity contribution >= 4 is 9.84 Å². The predicted octanol–water partition coefficient (Wildman–Crippen LogP) is 2.10. The molecule has 0 saturated heterocycles. The Morgan fingerprint density at radius 1 is 1.33 bits per heavy atom. The average molecular weight is 267 g/mol. The summed E-state index contributed by atoms with van der Waals surface area (Å²) in [6, 6.07) is 5.82. The lowest BCUT2D eigenvalue weighted by Crippen LogP contribution is -2.21. The molecule has 0 amide bonds. The fourth-order valence-electron chi connectivity index (χ4n) is 2.41. The number of rotatable bonds is 2. The summed E-state index contributed by atoms with van der Waals surface area (Å²) in [7, 11) is -1.13. The number of sulfone groups is 1. The molecule has 0 atom stereocenters. The Bertz CT molecular complexity index is 535. The van der Waals surface area contributed by atoms with Crippen LogP contribution in [-0.2, 0) is 22.8 Å². The van der Waals surface area contributed by atoms with Gasteiger partial charge in [-0.25, -0.2) is 8.42 Å². The van der Waals surface area contributed by atoms with Gasteiger partial charge in [-0.2, -0.15) is 0 Å². The SMILES string of the molecule is CC(C)Cc1ccc2c(c1)CN(C)CCS2(=O)=O. The van der Waals surface area contributed by atoms with Crippen LogP contribution in [0.15, 0.2) is 23.1 Å². The van der Waals surface area contributed by atoms with Gasteiger partial charge < -0.3 is 4.90 Å². The van der Waals surface area contributed by atoms with Crippen LogP contribution in [0.25, 0.3) is 0 Å². The summed E-state index contributed by atoms with van der Waals surface area (Å²) in [5.41, 5.74) is 2.18. The van der Waals surface area contributed by atoms with Gasteiger partial charge in [0.1, 0.15) is 0 Å². The third-order valence-corrected chi connectivity index (χ3v) is 5.07. The van der Waals surface area contributed by atoms with Crippen molar-refractivity contribution in [1.82, 2.24) is 4.90 Å². The maximum Gasteiger partial charge on any atom is 0.179 e. The summed E-state index contributed by atoms with van der Waals surface area (Å²) in [4.78, 5) is 2.60. The smallest absolute Gasteiger partial charge is 0.179 e. The van der Waals surface area contributed by atoms with E-state index in [1.165, 1.54) is 5.56 Å². The van der Waals surface area contributed by atoms with Crippen molar-refractivity contribution in [3.63, 3.8) is 0 Å². The van der Waals surface area contributed by atoms with Gasteiger partial charge in [-0.3, -0.25) is 0 Å². The van der Waals surface area contributed by atoms with E-state index in [0.717, 1.165) is 18.5 Å². The maximum absolute atomic E-state index is 12.1. The first-order valence-electron chi connectivity index (χ1n) is 6.41. The van der Waals surface area contributed by atoms with E-state index < -0.39 is 9.84 Å². The molecule has 4 heteroatoms. The number of hydrogen-bond acceptors (Lipinski definition) is 3. The van der Waals surface area contributed by atoms with Crippen LogP contribution in [0.2, 0.25) is 0 Å². The van der Waals surface area contributed by atoms with Gasteiger partial charge in [0.05, 0.1) is 10.6 Å². The highest BCUT2D eigenvalue weighted by Crippen LogP contribution is 2.24. The molecule has 1 heterocycles. The van der Waals surface area contributed by atoms with E-state index in [9.17, 15) is 8.42 Å². The molecule has 0 N–H and O–H groups in total. The Morgan fingerprint density at radius 3 is 2.72 bits per heavy atom. The van der Waals surface area contributed by atoms with E-state index in [1.807, 2.05) is 13.1 Å². The fraction of sp³-hybridized carbons (Fsp3) is 0.571. The molecule has 1 aromatic rings. The summed E-state index contributed by atoms with van der Waals surface area (Å²) in [6.07, 6.45) is 0.997. The van der Waals surface area contributed by atoms with Crippen molar-refractivity contribution in [2.75, 3.05) is 19.3 Å². The number of fused-ring (bicyclic) bond motifs is 1. The monoisotopic (exact) mass is 267 g/mol. The quantitative estimate of drug-likeness (QED) is 0.823. The van der Waals surface area contributed by atoms with Crippen LogP contribution in [0.5, 0.6) is 0 Å². The Morgan fingerprint density at radius 2 is 2.06 bits per heavy atom. The van der Waals surface area contributed by atoms with E-state index in [2.05, 4.69) is 24.8 Å². The zero-order valence-corrected chi connectivity index (χ0v) is 12.1. The van der Waals surface area contributed by atoms with Crippen LogP contribution >= 0.6 is 0 Å². The normalized spacial score (nSPS) is 19.6. The molecule has 18 heavy (non-hydrogen) atoms. The summed E-state index contributed by atoms with van der Waals surface area (Å²) >= 11 is 0. The molecule has 0 fully saturated rings. The minimum atomic E-state index is -3.10. The molecule has 0 aliphatic carbocycles. The van der Waals surface area contributed by atoms with Crippen LogP contribution in [0.4, 0.5) is 0 Å². The molecule has 0 saturated carbocycles. The minimum absolute atomic E-state index is 0.222. The highest BCUT2D eigenvalue weighted by Gasteiger charge is 2.23. The minimum Gasteiger partial charge on any atom is -0.301 e. The topological polar surface area (TPSA) is 37.4 Å². The van der Waals surface area contributed by atoms with E-state index in [0.29, 0.717) is 17.4 Å². The summed E-state index contributed by atoms with van der Waals surface area (Å²) in [5.74, 6) is 0.809. The van der Waals surface area contributed by atoms with Crippen LogP contribution in [0, 0.1) is 5.92 Å². The van der Waals surface area contributed by atoms with Gasteiger partial charge in [0.25, 0.3) is 0 Å². The van der Waals surface area contributed by atoms with Crippen molar-refractivity contribution in [2.45, 2.75) is 31.7 Å². The first-order chi connectivity index (χ1) is 8.38. The number of benzene rings is 1. The molecular weight excluding hydrogens is 246 g/mol. The molecule has 0 radical (unpaired) electrons. The van der Waals surface area contributed by atoms with E-state index in [-0.39, 0.29) is 5.75 Å². The van der Waals surface area contributed by atoms with Gasteiger partial charge in [-0.15, -0.1) is 0 Å². The van der Waals surface area contributed by atoms with Crippen molar-refractivity contribution in [3.05, 3.63) is 29.3 Å². The van der Waals surface area contributed by atoms with Gasteiger partial charge in [0, 0.05) is 13.1 Å². The molecular formula is C14H21NO2S. The highest BCUT2D eigenvalue weighted by molar-refractivity contribution is 7.91. The maximum atomic E-state index is 12.1. The van der Waals surface area contributed by atoms with Crippen molar-refractivity contribution in [3.8, 4) is 0 Å². The van der Waals surface area contributed by atoms with Crippen LogP contribution in [0.3, 0.4) is 0 Å². The Labute approximate surface area is 110 Å². The van der Waals surface area contributed by atoms with Gasteiger partial charge in [-0.1, -0.05) is 26.0 Å². The molecule has 3 nitrogen and oxygen atoms in total. The molecule has 0 unspecified atom stereocenters. The second kappa shape index (κ2) is 5.02. The number of hydrogen-bond donors (Lipinski definition) is 0. The largest absolute Gasteiger partial charge is 0.301 e. The molecule has 1 aliphatic heterocycles. The van der Waals surface area contributed by atoms with Crippen molar-refractivity contribution in [2.24, 2.45) is 5.92 Å². The predicted molar refractivity (Wildman–Crippen MR) is 73.4 cm³/mol. The van der Waals surface area contributed by atoms with Crippen LogP contribution < -0.4 is 0 Å². The molecule has 1 aromatic carbocycles. The van der Waals surface area contributed by atoms with Crippen molar-refractivity contribution in [1.29, 1.82) is 0 Å². The van der Waals surface area contributed by atoms with E-state index in [1.54, 1.807) is 6.07 Å². The third-order valence-electron chi connectivity index (χ3n) is 3.29. The van der Waals surface area contributed by atoms with Gasteiger partial charge >= 0.3 is 0 Å². The first kappa shape index (κ1) is 13.6. The average Bonchev–Trinajstić information content (AvgIpc) is 2.35. The molecule has 1 aliphatic rings. The zero-order chi connectivity index (χ0) is 13.3. The summed E-state index contributed by atoms with van der Waals surface area (Å²) in [5, 5.41) is 0. The molecule has 0 bridgehead atoms. The second-order valence-electron chi connectivity index (χ2n) is 5.60. The number of nitrogens with zero attached hydrogens (tertiary/aromatic N) is 1. The fourth-order valence-corrected chi connectivity index (χ4v) is 3.98. The second-order valence-corrected chi connectivity index (χ2v) is 7.67. The zero-order valence-electron chi connectivity index (χ0n) is 11.3. The highest BCUT2D eigenvalue weighted by atomic mass is 32.2. The first-order valence-corrected chi connectivity index (χ1v) is 8.07. The lowest BCUT2D eigenvalue weighted by Gasteiger charge is -2.14. The Kier molecular flexibility index (Phi) is 3.78. The lowest BCUT2D eigenvalue weighted by atomic mass is 10.0. The molecule has 100 valence electrons. The molecule has 2 rings (SSSR count). The lowest BCUT2D eigenvalue weighted by molar-refractivity contribution is 0.348. The third kappa shape index (κ3) is 2.93. The van der Waals surface area contributed by atoms with Crippen LogP contribution in [-0.4, -0.2) is 32.7 Å². The summed E-state index contributed by atoms with van der Waals surface area (Å²) in [6.45, 7) is 5.68.